The molecular formula is C15H25N3O2. The summed E-state index contributed by atoms with van der Waals surface area (Å²) in [6.45, 7) is 10.6. The molecule has 1 aliphatic heterocycles. The Kier molecular flexibility index (Phi) is 4.94. The van der Waals surface area contributed by atoms with Crippen LogP contribution in [0, 0.1) is 6.92 Å². The summed E-state index contributed by atoms with van der Waals surface area (Å²) in [5.41, 5.74) is 1.01. The number of aromatic nitrogens is 2. The zero-order chi connectivity index (χ0) is 14.7. The predicted molar refractivity (Wildman–Crippen MR) is 79.3 cm³/mol. The van der Waals surface area contributed by atoms with Gasteiger partial charge in [0.1, 0.15) is 11.6 Å². The van der Waals surface area contributed by atoms with Gasteiger partial charge in [-0.2, -0.15) is 0 Å². The first-order valence-corrected chi connectivity index (χ1v) is 7.24. The van der Waals surface area contributed by atoms with Gasteiger partial charge in [-0.25, -0.2) is 9.97 Å². The second-order valence-corrected chi connectivity index (χ2v) is 5.81. The molecule has 20 heavy (non-hydrogen) atoms. The Hall–Kier alpha value is -1.20. The number of hydrogen-bond acceptors (Lipinski definition) is 5. The van der Waals surface area contributed by atoms with Gasteiger partial charge in [-0.1, -0.05) is 13.8 Å². The summed E-state index contributed by atoms with van der Waals surface area (Å²) >= 11 is 0. The fourth-order valence-corrected chi connectivity index (χ4v) is 2.50. The lowest BCUT2D eigenvalue weighted by molar-refractivity contribution is -0.0512. The maximum Gasteiger partial charge on any atom is 0.133 e. The molecule has 0 N–H and O–H groups in total. The van der Waals surface area contributed by atoms with E-state index in [1.807, 2.05) is 13.0 Å². The average molecular weight is 279 g/mol. The van der Waals surface area contributed by atoms with Crippen molar-refractivity contribution in [3.05, 3.63) is 17.6 Å². The van der Waals surface area contributed by atoms with E-state index < -0.39 is 0 Å². The molecule has 0 spiro atoms. The summed E-state index contributed by atoms with van der Waals surface area (Å²) < 4.78 is 11.1. The lowest BCUT2D eigenvalue weighted by Gasteiger charge is -2.37. The highest BCUT2D eigenvalue weighted by Crippen LogP contribution is 2.21. The first kappa shape index (κ1) is 15.2. The lowest BCUT2D eigenvalue weighted by atomic mass is 10.2. The molecule has 5 nitrogen and oxygen atoms in total. The molecule has 2 atom stereocenters. The molecule has 112 valence electrons. The van der Waals surface area contributed by atoms with Gasteiger partial charge in [0.25, 0.3) is 0 Å². The van der Waals surface area contributed by atoms with Crippen molar-refractivity contribution in [3.8, 4) is 0 Å². The van der Waals surface area contributed by atoms with Crippen LogP contribution in [0.1, 0.15) is 38.2 Å². The van der Waals surface area contributed by atoms with Crippen molar-refractivity contribution in [2.75, 3.05) is 31.7 Å². The van der Waals surface area contributed by atoms with Gasteiger partial charge in [-0.05, 0) is 13.8 Å². The molecule has 0 bridgehead atoms. The number of hydrogen-bond donors (Lipinski definition) is 0. The number of nitrogens with zero attached hydrogens (tertiary/aromatic N) is 3. The minimum Gasteiger partial charge on any atom is -0.382 e. The van der Waals surface area contributed by atoms with Crippen LogP contribution in [0.15, 0.2) is 6.07 Å². The third kappa shape index (κ3) is 3.67. The van der Waals surface area contributed by atoms with Gasteiger partial charge in [0.05, 0.1) is 18.8 Å². The van der Waals surface area contributed by atoms with Crippen molar-refractivity contribution in [1.29, 1.82) is 0 Å². The van der Waals surface area contributed by atoms with Crippen LogP contribution in [-0.4, -0.2) is 49.0 Å². The molecule has 1 fully saturated rings. The SMILES string of the molecule is COCC1CN(c2cc(C)nc(C(C)C)n2)CC(C)O1. The monoisotopic (exact) mass is 279 g/mol. The van der Waals surface area contributed by atoms with Gasteiger partial charge >= 0.3 is 0 Å². The molecule has 2 unspecified atom stereocenters. The second kappa shape index (κ2) is 6.50. The van der Waals surface area contributed by atoms with E-state index in [0.29, 0.717) is 12.5 Å². The minimum absolute atomic E-state index is 0.0986. The van der Waals surface area contributed by atoms with Crippen LogP contribution in [0.4, 0.5) is 5.82 Å². The maximum atomic E-state index is 5.88. The summed E-state index contributed by atoms with van der Waals surface area (Å²) in [4.78, 5) is 11.5. The van der Waals surface area contributed by atoms with E-state index >= 15 is 0 Å². The molecule has 0 aromatic carbocycles. The highest BCUT2D eigenvalue weighted by atomic mass is 16.5. The van der Waals surface area contributed by atoms with Crippen molar-refractivity contribution in [2.45, 2.75) is 45.8 Å². The van der Waals surface area contributed by atoms with Gasteiger partial charge in [-0.3, -0.25) is 0 Å². The maximum absolute atomic E-state index is 5.88. The van der Waals surface area contributed by atoms with Crippen LogP contribution in [0.25, 0.3) is 0 Å². The van der Waals surface area contributed by atoms with Gasteiger partial charge in [0, 0.05) is 37.9 Å². The number of anilines is 1. The summed E-state index contributed by atoms with van der Waals surface area (Å²) in [7, 11) is 1.71. The van der Waals surface area contributed by atoms with Gasteiger partial charge in [-0.15, -0.1) is 0 Å². The molecule has 5 heteroatoms. The Morgan fingerprint density at radius 1 is 1.40 bits per heavy atom. The Balaban J connectivity index is 2.21. The summed E-state index contributed by atoms with van der Waals surface area (Å²) in [5.74, 6) is 2.24. The molecular weight excluding hydrogens is 254 g/mol. The minimum atomic E-state index is 0.0986. The fourth-order valence-electron chi connectivity index (χ4n) is 2.50. The summed E-state index contributed by atoms with van der Waals surface area (Å²) in [6.07, 6.45) is 0.281. The molecule has 0 aliphatic carbocycles. The van der Waals surface area contributed by atoms with Crippen molar-refractivity contribution in [2.24, 2.45) is 0 Å². The molecule has 2 rings (SSSR count). The number of ether oxygens (including phenoxy) is 2. The van der Waals surface area contributed by atoms with Crippen molar-refractivity contribution < 1.29 is 9.47 Å². The number of morpholine rings is 1. The summed E-state index contributed by atoms with van der Waals surface area (Å²) in [5, 5.41) is 0. The van der Waals surface area contributed by atoms with E-state index in [0.717, 1.165) is 30.4 Å². The van der Waals surface area contributed by atoms with E-state index in [9.17, 15) is 0 Å². The van der Waals surface area contributed by atoms with Crippen molar-refractivity contribution in [3.63, 3.8) is 0 Å². The second-order valence-electron chi connectivity index (χ2n) is 5.81. The molecule has 1 aromatic rings. The highest BCUT2D eigenvalue weighted by molar-refractivity contribution is 5.41. The Morgan fingerprint density at radius 2 is 2.15 bits per heavy atom. The molecule has 0 saturated carbocycles. The molecule has 1 saturated heterocycles. The van der Waals surface area contributed by atoms with Gasteiger partial charge < -0.3 is 14.4 Å². The third-order valence-electron chi connectivity index (χ3n) is 3.38. The zero-order valence-corrected chi connectivity index (χ0v) is 13.1. The number of aryl methyl sites for hydroxylation is 1. The average Bonchev–Trinajstić information content (AvgIpc) is 2.37. The van der Waals surface area contributed by atoms with Crippen LogP contribution < -0.4 is 4.90 Å². The predicted octanol–water partition coefficient (Wildman–Crippen LogP) is 2.15. The van der Waals surface area contributed by atoms with Crippen LogP contribution in [0.3, 0.4) is 0 Å². The number of methoxy groups -OCH3 is 1. The van der Waals surface area contributed by atoms with Crippen molar-refractivity contribution in [1.82, 2.24) is 9.97 Å². The Bertz CT molecular complexity index is 451. The molecule has 1 aliphatic rings. The number of rotatable bonds is 4. The Morgan fingerprint density at radius 3 is 2.80 bits per heavy atom. The molecule has 2 heterocycles. The largest absolute Gasteiger partial charge is 0.382 e. The van der Waals surface area contributed by atoms with E-state index in [2.05, 4.69) is 30.7 Å². The fraction of sp³-hybridized carbons (Fsp3) is 0.733. The van der Waals surface area contributed by atoms with Gasteiger partial charge in [0.2, 0.25) is 0 Å². The lowest BCUT2D eigenvalue weighted by Crippen LogP contribution is -2.48. The molecule has 0 radical (unpaired) electrons. The summed E-state index contributed by atoms with van der Waals surface area (Å²) in [6, 6.07) is 2.05. The van der Waals surface area contributed by atoms with E-state index in [-0.39, 0.29) is 12.2 Å². The third-order valence-corrected chi connectivity index (χ3v) is 3.38. The van der Waals surface area contributed by atoms with Crippen LogP contribution in [0.2, 0.25) is 0 Å². The van der Waals surface area contributed by atoms with Crippen molar-refractivity contribution >= 4 is 5.82 Å². The van der Waals surface area contributed by atoms with E-state index in [4.69, 9.17) is 14.5 Å². The molecule has 0 amide bonds. The standard InChI is InChI=1S/C15H25N3O2/c1-10(2)15-16-11(3)6-14(17-15)18-7-12(4)20-13(8-18)9-19-5/h6,10,12-13H,7-9H2,1-5H3. The van der Waals surface area contributed by atoms with E-state index in [1.165, 1.54) is 0 Å². The van der Waals surface area contributed by atoms with E-state index in [1.54, 1.807) is 7.11 Å². The van der Waals surface area contributed by atoms with Crippen LogP contribution >= 0.6 is 0 Å². The van der Waals surface area contributed by atoms with Gasteiger partial charge in [0.15, 0.2) is 0 Å². The highest BCUT2D eigenvalue weighted by Gasteiger charge is 2.26. The normalized spacial score (nSPS) is 23.4. The zero-order valence-electron chi connectivity index (χ0n) is 13.1. The quantitative estimate of drug-likeness (QED) is 0.845. The first-order valence-electron chi connectivity index (χ1n) is 7.24. The van der Waals surface area contributed by atoms with Crippen LogP contribution in [-0.2, 0) is 9.47 Å². The Labute approximate surface area is 121 Å². The molecule has 1 aromatic heterocycles. The van der Waals surface area contributed by atoms with Crippen LogP contribution in [0.5, 0.6) is 0 Å². The topological polar surface area (TPSA) is 47.5 Å². The smallest absolute Gasteiger partial charge is 0.133 e. The first-order chi connectivity index (χ1) is 9.49.